The maximum Gasteiger partial charge on any atom is 0.331 e. The Labute approximate surface area is 132 Å². The third kappa shape index (κ3) is 3.40. The van der Waals surface area contributed by atoms with Crippen molar-refractivity contribution in [2.24, 2.45) is 5.73 Å². The van der Waals surface area contributed by atoms with E-state index >= 15 is 0 Å². The van der Waals surface area contributed by atoms with Crippen molar-refractivity contribution in [1.29, 1.82) is 0 Å². The summed E-state index contributed by atoms with van der Waals surface area (Å²) in [7, 11) is 1.21. The highest BCUT2D eigenvalue weighted by Gasteiger charge is 2.43. The summed E-state index contributed by atoms with van der Waals surface area (Å²) >= 11 is 1.31. The number of carbonyl (C=O) groups excluding carboxylic acids is 3. The number of nitrogens with two attached hydrogens (primary N) is 1. The van der Waals surface area contributed by atoms with E-state index in [1.807, 2.05) is 0 Å². The summed E-state index contributed by atoms with van der Waals surface area (Å²) in [5, 5.41) is 0. The number of ketones is 2. The molecule has 0 amide bonds. The van der Waals surface area contributed by atoms with Crippen LogP contribution in [0.15, 0.2) is 22.3 Å². The first-order chi connectivity index (χ1) is 10.6. The van der Waals surface area contributed by atoms with E-state index in [1.54, 1.807) is 0 Å². The molecule has 0 aromatic rings. The number of rotatable bonds is 7. The van der Waals surface area contributed by atoms with Crippen molar-refractivity contribution in [2.45, 2.75) is 25.3 Å². The van der Waals surface area contributed by atoms with Gasteiger partial charge in [0.05, 0.1) is 17.6 Å². The monoisotopic (exact) mass is 326 g/mol. The van der Waals surface area contributed by atoms with Crippen molar-refractivity contribution in [3.63, 3.8) is 0 Å². The Balaban J connectivity index is 2.04. The van der Waals surface area contributed by atoms with E-state index in [9.17, 15) is 14.4 Å². The van der Waals surface area contributed by atoms with E-state index in [-0.39, 0.29) is 17.1 Å². The summed E-state index contributed by atoms with van der Waals surface area (Å²) in [6, 6.07) is -1.06. The minimum Gasteiger partial charge on any atom is -0.467 e. The number of hydrogen-bond acceptors (Lipinski definition) is 8. The number of carbonyl (C=O) groups is 3. The average Bonchev–Trinajstić information content (AvgIpc) is 2.96. The number of nitrogens with one attached hydrogen (secondary N) is 1. The van der Waals surface area contributed by atoms with Crippen LogP contribution in [0, 0.1) is 0 Å². The third-order valence-electron chi connectivity index (χ3n) is 3.31. The molecule has 2 rings (SSSR count). The molecule has 2 aliphatic rings. The Morgan fingerprint density at radius 3 is 2.86 bits per heavy atom. The average molecular weight is 326 g/mol. The van der Waals surface area contributed by atoms with Gasteiger partial charge in [-0.15, -0.1) is 17.2 Å². The molecule has 120 valence electrons. The second kappa shape index (κ2) is 7.57. The first-order valence-corrected chi connectivity index (χ1v) is 7.96. The molecule has 0 bridgehead atoms. The van der Waals surface area contributed by atoms with Crippen molar-refractivity contribution in [2.75, 3.05) is 19.4 Å². The van der Waals surface area contributed by atoms with E-state index in [4.69, 9.17) is 10.6 Å². The molecule has 0 spiro atoms. The van der Waals surface area contributed by atoms with E-state index in [2.05, 4.69) is 10.2 Å². The van der Waals surface area contributed by atoms with Gasteiger partial charge < -0.3 is 15.3 Å². The van der Waals surface area contributed by atoms with Gasteiger partial charge in [0.25, 0.3) is 0 Å². The van der Waals surface area contributed by atoms with Crippen molar-refractivity contribution < 1.29 is 24.0 Å². The molecular weight excluding hydrogens is 308 g/mol. The quantitative estimate of drug-likeness (QED) is 0.388. The zero-order valence-electron chi connectivity index (χ0n) is 12.2. The van der Waals surface area contributed by atoms with E-state index in [1.165, 1.54) is 24.9 Å². The number of unbranched alkanes of at least 4 members (excludes halogenated alkanes) is 2. The Bertz CT molecular complexity index is 555. The fourth-order valence-electron chi connectivity index (χ4n) is 2.16. The molecule has 8 heteroatoms. The first kappa shape index (κ1) is 16.7. The van der Waals surface area contributed by atoms with Gasteiger partial charge in [-0.1, -0.05) is 6.42 Å². The van der Waals surface area contributed by atoms with E-state index in [0.717, 1.165) is 19.3 Å². The molecule has 0 radical (unpaired) electrons. The number of esters is 1. The lowest BCUT2D eigenvalue weighted by Crippen LogP contribution is -2.36. The number of allylic oxidation sites excluding steroid dienone is 2. The van der Waals surface area contributed by atoms with Crippen LogP contribution < -0.4 is 11.2 Å². The predicted molar refractivity (Wildman–Crippen MR) is 80.5 cm³/mol. The largest absolute Gasteiger partial charge is 0.467 e. The highest BCUT2D eigenvalue weighted by atomic mass is 32.2. The van der Waals surface area contributed by atoms with E-state index in [0.29, 0.717) is 17.2 Å². The van der Waals surface area contributed by atoms with Gasteiger partial charge in [0, 0.05) is 6.08 Å². The summed E-state index contributed by atoms with van der Waals surface area (Å²) in [4.78, 5) is 41.4. The molecule has 7 nitrogen and oxygen atoms in total. The Morgan fingerprint density at radius 2 is 2.18 bits per heavy atom. The normalized spacial score (nSPS) is 20.6. The molecule has 3 N–H and O–H groups in total. The maximum atomic E-state index is 12.5. The lowest BCUT2D eigenvalue weighted by Gasteiger charge is -2.14. The van der Waals surface area contributed by atoms with Gasteiger partial charge in [0.2, 0.25) is 17.3 Å². The molecular formula is C14H18N2O5S. The number of thioether (sulfide) groups is 1. The molecule has 0 saturated heterocycles. The Hall–Kier alpha value is -1.64. The SMILES string of the molecule is COC(=O)C1NOC2=C1C(=O)C(SCCCCCN)=CC2=O. The molecule has 1 heterocycles. The minimum atomic E-state index is -1.06. The van der Waals surface area contributed by atoms with Crippen molar-refractivity contribution in [3.05, 3.63) is 22.3 Å². The number of ether oxygens (including phenoxy) is 1. The smallest absolute Gasteiger partial charge is 0.331 e. The summed E-state index contributed by atoms with van der Waals surface area (Å²) < 4.78 is 4.61. The maximum absolute atomic E-state index is 12.5. The van der Waals surface area contributed by atoms with E-state index < -0.39 is 17.8 Å². The molecule has 0 saturated carbocycles. The summed E-state index contributed by atoms with van der Waals surface area (Å²) in [5.41, 5.74) is 7.82. The molecule has 1 unspecified atom stereocenters. The van der Waals surface area contributed by atoms with Crippen molar-refractivity contribution >= 4 is 29.3 Å². The number of methoxy groups -OCH3 is 1. The number of Topliss-reactive ketones (excluding diaryl/α,β-unsaturated/α-hetero) is 1. The fraction of sp³-hybridized carbons (Fsp3) is 0.500. The van der Waals surface area contributed by atoms with Gasteiger partial charge in [-0.2, -0.15) is 0 Å². The molecule has 1 atom stereocenters. The van der Waals surface area contributed by atoms with Gasteiger partial charge in [0.1, 0.15) is 0 Å². The van der Waals surface area contributed by atoms with Gasteiger partial charge in [0.15, 0.2) is 6.04 Å². The van der Waals surface area contributed by atoms with Crippen molar-refractivity contribution in [3.8, 4) is 0 Å². The Morgan fingerprint density at radius 1 is 1.41 bits per heavy atom. The van der Waals surface area contributed by atoms with Crippen LogP contribution in [0.25, 0.3) is 0 Å². The fourth-order valence-corrected chi connectivity index (χ4v) is 3.16. The highest BCUT2D eigenvalue weighted by Crippen LogP contribution is 2.32. The van der Waals surface area contributed by atoms with Gasteiger partial charge in [-0.25, -0.2) is 4.79 Å². The first-order valence-electron chi connectivity index (χ1n) is 6.98. The van der Waals surface area contributed by atoms with Crippen LogP contribution in [0.5, 0.6) is 0 Å². The van der Waals surface area contributed by atoms with Crippen LogP contribution >= 0.6 is 11.8 Å². The predicted octanol–water partition coefficient (Wildman–Crippen LogP) is 0.215. The van der Waals surface area contributed by atoms with Crippen LogP contribution in [-0.2, 0) is 24.0 Å². The summed E-state index contributed by atoms with van der Waals surface area (Å²) in [5.74, 6) is -0.852. The van der Waals surface area contributed by atoms with Gasteiger partial charge in [-0.3, -0.25) is 9.59 Å². The molecule has 0 fully saturated rings. The van der Waals surface area contributed by atoms with Crippen LogP contribution in [-0.4, -0.2) is 43.0 Å². The van der Waals surface area contributed by atoms with Gasteiger partial charge in [-0.05, 0) is 25.1 Å². The van der Waals surface area contributed by atoms with Crippen LogP contribution in [0.4, 0.5) is 0 Å². The second-order valence-electron chi connectivity index (χ2n) is 4.82. The number of hydroxylamine groups is 1. The molecule has 1 aliphatic carbocycles. The van der Waals surface area contributed by atoms with Gasteiger partial charge >= 0.3 is 5.97 Å². The standard InChI is InChI=1S/C14H18N2O5S/c1-20-14(19)11-10-12(18)9(22-6-4-2-3-5-15)7-8(17)13(10)21-16-11/h7,11,16H,2-6,15H2,1H3. The highest BCUT2D eigenvalue weighted by molar-refractivity contribution is 8.04. The summed E-state index contributed by atoms with van der Waals surface area (Å²) in [6.07, 6.45) is 4.07. The topological polar surface area (TPSA) is 108 Å². The zero-order valence-corrected chi connectivity index (χ0v) is 13.0. The molecule has 22 heavy (non-hydrogen) atoms. The molecule has 0 aromatic carbocycles. The molecule has 0 aromatic heterocycles. The minimum absolute atomic E-state index is 0.0313. The third-order valence-corrected chi connectivity index (χ3v) is 4.42. The van der Waals surface area contributed by atoms with Crippen LogP contribution in [0.3, 0.4) is 0 Å². The lowest BCUT2D eigenvalue weighted by atomic mass is 9.96. The Kier molecular flexibility index (Phi) is 5.76. The molecule has 1 aliphatic heterocycles. The second-order valence-corrected chi connectivity index (χ2v) is 5.96. The zero-order chi connectivity index (χ0) is 16.1. The lowest BCUT2D eigenvalue weighted by molar-refractivity contribution is -0.144. The van der Waals surface area contributed by atoms with Crippen LogP contribution in [0.2, 0.25) is 0 Å². The van der Waals surface area contributed by atoms with Crippen molar-refractivity contribution in [1.82, 2.24) is 5.48 Å². The van der Waals surface area contributed by atoms with Crippen LogP contribution in [0.1, 0.15) is 19.3 Å². The summed E-state index contributed by atoms with van der Waals surface area (Å²) in [6.45, 7) is 0.644. The number of hydrogen-bond donors (Lipinski definition) is 2.